The van der Waals surface area contributed by atoms with Gasteiger partial charge in [-0.1, -0.05) is 176 Å². The molecule has 4 heteroatoms. The molecule has 12 rings (SSSR count). The van der Waals surface area contributed by atoms with Crippen molar-refractivity contribution in [2.75, 3.05) is 0 Å². The van der Waals surface area contributed by atoms with E-state index in [4.69, 9.17) is 19.9 Å². The van der Waals surface area contributed by atoms with E-state index in [1.807, 2.05) is 18.2 Å². The molecule has 3 aliphatic carbocycles. The van der Waals surface area contributed by atoms with Crippen molar-refractivity contribution in [2.45, 2.75) is 18.3 Å². The minimum Gasteiger partial charge on any atom is -0.247 e. The van der Waals surface area contributed by atoms with Crippen molar-refractivity contribution in [1.82, 2.24) is 19.9 Å². The van der Waals surface area contributed by atoms with Gasteiger partial charge in [0.15, 0.2) is 17.5 Å². The Morgan fingerprint density at radius 2 is 1.00 bits per heavy atom. The summed E-state index contributed by atoms with van der Waals surface area (Å²) in [4.78, 5) is 20.5. The molecule has 0 amide bonds. The molecule has 0 saturated carbocycles. The number of hydrogen-bond acceptors (Lipinski definition) is 4. The topological polar surface area (TPSA) is 51.6 Å². The average Bonchev–Trinajstić information content (AvgIpc) is 3.77. The first-order valence-corrected chi connectivity index (χ1v) is 19.7. The first-order valence-electron chi connectivity index (χ1n) is 19.7. The SMILES string of the molecule is C1=CCCC(c2nc(-c3ccccc3)nc(-c3ccc(-c4nc5ccccc5c5ccc6c(c45)-c4ccccc4C64c5ccccc5-c5ccccc54)cc3)n2)=C1. The van der Waals surface area contributed by atoms with Crippen LogP contribution in [0.15, 0.2) is 182 Å². The zero-order valence-corrected chi connectivity index (χ0v) is 31.0. The second-order valence-corrected chi connectivity index (χ2v) is 15.2. The highest BCUT2D eigenvalue weighted by Gasteiger charge is 2.52. The van der Waals surface area contributed by atoms with Crippen LogP contribution in [0, 0.1) is 0 Å². The van der Waals surface area contributed by atoms with Crippen LogP contribution < -0.4 is 0 Å². The fourth-order valence-corrected chi connectivity index (χ4v) is 9.77. The third kappa shape index (κ3) is 4.62. The lowest BCUT2D eigenvalue weighted by Gasteiger charge is -2.30. The summed E-state index contributed by atoms with van der Waals surface area (Å²) in [5, 5.41) is 3.53. The standard InChI is InChI=1S/C53H34N4/c1-3-15-34(16-4-1)50-55-51(35-17-5-2-6-18-35)57-52(56-50)36-29-27-33(28-30-36)49-48-40(39-21-10-14-26-46(39)54-49)31-32-45-47(48)41-22-9-13-25-44(41)53(45)42-23-11-7-19-37(42)38-20-8-12-24-43(38)53/h1-5,7-17,19-32H,6,18H2. The molecule has 0 N–H and O–H groups in total. The predicted octanol–water partition coefficient (Wildman–Crippen LogP) is 12.7. The summed E-state index contributed by atoms with van der Waals surface area (Å²) in [5.74, 6) is 2.07. The Morgan fingerprint density at radius 3 is 1.70 bits per heavy atom. The summed E-state index contributed by atoms with van der Waals surface area (Å²) in [6.45, 7) is 0. The lowest BCUT2D eigenvalue weighted by Crippen LogP contribution is -2.25. The fraction of sp³-hybridized carbons (Fsp3) is 0.0566. The van der Waals surface area contributed by atoms with E-state index in [9.17, 15) is 0 Å². The number of pyridine rings is 1. The maximum absolute atomic E-state index is 5.50. The molecule has 0 radical (unpaired) electrons. The summed E-state index contributed by atoms with van der Waals surface area (Å²) in [5.41, 5.74) is 16.0. The molecule has 266 valence electrons. The van der Waals surface area contributed by atoms with Gasteiger partial charge < -0.3 is 0 Å². The van der Waals surface area contributed by atoms with Gasteiger partial charge in [0, 0.05) is 27.5 Å². The molecule has 0 bridgehead atoms. The van der Waals surface area contributed by atoms with Crippen molar-refractivity contribution in [3.63, 3.8) is 0 Å². The Kier molecular flexibility index (Phi) is 6.93. The first kappa shape index (κ1) is 32.0. The highest BCUT2D eigenvalue weighted by atomic mass is 15.0. The largest absolute Gasteiger partial charge is 0.247 e. The van der Waals surface area contributed by atoms with Gasteiger partial charge in [-0.25, -0.2) is 19.9 Å². The quantitative estimate of drug-likeness (QED) is 0.169. The van der Waals surface area contributed by atoms with Crippen LogP contribution in [0.1, 0.15) is 40.9 Å². The Labute approximate surface area is 330 Å². The van der Waals surface area contributed by atoms with E-state index in [1.165, 1.54) is 55.3 Å². The summed E-state index contributed by atoms with van der Waals surface area (Å²) < 4.78 is 0. The second-order valence-electron chi connectivity index (χ2n) is 15.2. The van der Waals surface area contributed by atoms with Gasteiger partial charge in [0.05, 0.1) is 16.6 Å². The Balaban J connectivity index is 1.09. The molecular weight excluding hydrogens is 693 g/mol. The number of benzene rings is 7. The van der Waals surface area contributed by atoms with Crippen molar-refractivity contribution in [3.8, 4) is 56.3 Å². The van der Waals surface area contributed by atoms with E-state index >= 15 is 0 Å². The summed E-state index contributed by atoms with van der Waals surface area (Å²) in [6.07, 6.45) is 8.29. The van der Waals surface area contributed by atoms with Crippen LogP contribution in [0.25, 0.3) is 83.5 Å². The van der Waals surface area contributed by atoms with Crippen LogP contribution in [0.4, 0.5) is 0 Å². The smallest absolute Gasteiger partial charge is 0.164 e. The molecule has 0 saturated heterocycles. The predicted molar refractivity (Wildman–Crippen MR) is 232 cm³/mol. The van der Waals surface area contributed by atoms with Crippen LogP contribution >= 0.6 is 0 Å². The zero-order chi connectivity index (χ0) is 37.5. The number of fused-ring (bicyclic) bond motifs is 14. The molecule has 1 spiro atoms. The monoisotopic (exact) mass is 726 g/mol. The van der Waals surface area contributed by atoms with E-state index in [0.717, 1.165) is 57.5 Å². The third-order valence-electron chi connectivity index (χ3n) is 12.2. The summed E-state index contributed by atoms with van der Waals surface area (Å²) in [7, 11) is 0. The molecular formula is C53H34N4. The van der Waals surface area contributed by atoms with E-state index in [0.29, 0.717) is 11.6 Å². The maximum atomic E-state index is 5.50. The van der Waals surface area contributed by atoms with E-state index in [-0.39, 0.29) is 0 Å². The average molecular weight is 727 g/mol. The van der Waals surface area contributed by atoms with Crippen molar-refractivity contribution >= 4 is 27.2 Å². The minimum atomic E-state index is -0.434. The van der Waals surface area contributed by atoms with Crippen LogP contribution in [0.2, 0.25) is 0 Å². The third-order valence-corrected chi connectivity index (χ3v) is 12.2. The molecule has 2 heterocycles. The molecule has 2 aromatic heterocycles. The van der Waals surface area contributed by atoms with Gasteiger partial charge in [-0.05, 0) is 74.4 Å². The number of para-hydroxylation sites is 1. The van der Waals surface area contributed by atoms with Gasteiger partial charge in [0.25, 0.3) is 0 Å². The van der Waals surface area contributed by atoms with Crippen molar-refractivity contribution in [3.05, 3.63) is 210 Å². The molecule has 4 nitrogen and oxygen atoms in total. The van der Waals surface area contributed by atoms with Crippen molar-refractivity contribution in [1.29, 1.82) is 0 Å². The molecule has 57 heavy (non-hydrogen) atoms. The van der Waals surface area contributed by atoms with Crippen LogP contribution in [-0.4, -0.2) is 19.9 Å². The molecule has 0 fully saturated rings. The van der Waals surface area contributed by atoms with Gasteiger partial charge in [-0.2, -0.15) is 0 Å². The highest BCUT2D eigenvalue weighted by Crippen LogP contribution is 2.64. The Hall–Kier alpha value is -7.30. The van der Waals surface area contributed by atoms with E-state index in [1.54, 1.807) is 0 Å². The second kappa shape index (κ2) is 12.4. The lowest BCUT2D eigenvalue weighted by atomic mass is 9.70. The molecule has 0 aliphatic heterocycles. The minimum absolute atomic E-state index is 0.434. The highest BCUT2D eigenvalue weighted by molar-refractivity contribution is 6.19. The van der Waals surface area contributed by atoms with Gasteiger partial charge in [-0.3, -0.25) is 0 Å². The number of hydrogen-bond donors (Lipinski definition) is 0. The molecule has 0 unspecified atom stereocenters. The number of allylic oxidation sites excluding steroid dienone is 4. The Morgan fingerprint density at radius 1 is 0.421 bits per heavy atom. The van der Waals surface area contributed by atoms with Gasteiger partial charge in [0.2, 0.25) is 0 Å². The lowest BCUT2D eigenvalue weighted by molar-refractivity contribution is 0.794. The summed E-state index contributed by atoms with van der Waals surface area (Å²) >= 11 is 0. The van der Waals surface area contributed by atoms with Crippen LogP contribution in [-0.2, 0) is 5.41 Å². The van der Waals surface area contributed by atoms with Crippen molar-refractivity contribution in [2.24, 2.45) is 0 Å². The number of rotatable bonds is 4. The first-order chi connectivity index (χ1) is 28.3. The zero-order valence-electron chi connectivity index (χ0n) is 31.0. The molecule has 7 aromatic carbocycles. The normalized spacial score (nSPS) is 14.4. The van der Waals surface area contributed by atoms with E-state index < -0.39 is 5.41 Å². The number of aromatic nitrogens is 4. The maximum Gasteiger partial charge on any atom is 0.164 e. The molecule has 0 atom stereocenters. The van der Waals surface area contributed by atoms with Gasteiger partial charge in [-0.15, -0.1) is 0 Å². The number of nitrogens with zero attached hydrogens (tertiary/aromatic N) is 4. The Bertz CT molecular complexity index is 3130. The van der Waals surface area contributed by atoms with Gasteiger partial charge in [0.1, 0.15) is 0 Å². The molecule has 3 aliphatic rings. The van der Waals surface area contributed by atoms with E-state index in [2.05, 4.69) is 164 Å². The van der Waals surface area contributed by atoms with Crippen molar-refractivity contribution < 1.29 is 0 Å². The fourth-order valence-electron chi connectivity index (χ4n) is 9.77. The van der Waals surface area contributed by atoms with Crippen LogP contribution in [0.3, 0.4) is 0 Å². The van der Waals surface area contributed by atoms with Crippen LogP contribution in [0.5, 0.6) is 0 Å². The molecule has 9 aromatic rings. The summed E-state index contributed by atoms with van der Waals surface area (Å²) in [6, 6.07) is 59.1. The van der Waals surface area contributed by atoms with Gasteiger partial charge >= 0.3 is 0 Å².